The van der Waals surface area contributed by atoms with E-state index >= 15 is 0 Å². The molecule has 102 valence electrons. The molecular weight excluding hydrogens is 232 g/mol. The van der Waals surface area contributed by atoms with E-state index in [1.54, 1.807) is 4.90 Å². The molecule has 5 nitrogen and oxygen atoms in total. The average molecular weight is 254 g/mol. The van der Waals surface area contributed by atoms with Crippen LogP contribution in [0.25, 0.3) is 0 Å². The number of hydrogen-bond acceptors (Lipinski definition) is 2. The summed E-state index contributed by atoms with van der Waals surface area (Å²) in [5, 5.41) is 8.66. The molecule has 18 heavy (non-hydrogen) atoms. The lowest BCUT2D eigenvalue weighted by Crippen LogP contribution is -2.56. The Labute approximate surface area is 108 Å². The molecule has 2 aliphatic rings. The van der Waals surface area contributed by atoms with Gasteiger partial charge in [0.25, 0.3) is 0 Å². The first-order valence-corrected chi connectivity index (χ1v) is 6.85. The second-order valence-electron chi connectivity index (χ2n) is 5.49. The molecular formula is C13H22N2O3. The third kappa shape index (κ3) is 2.94. The van der Waals surface area contributed by atoms with Gasteiger partial charge in [0.05, 0.1) is 6.42 Å². The number of amides is 2. The van der Waals surface area contributed by atoms with Gasteiger partial charge in [0.15, 0.2) is 0 Å². The van der Waals surface area contributed by atoms with Crippen LogP contribution in [0.3, 0.4) is 0 Å². The van der Waals surface area contributed by atoms with Gasteiger partial charge in [-0.1, -0.05) is 13.3 Å². The highest BCUT2D eigenvalue weighted by Gasteiger charge is 2.35. The number of carboxylic acids is 1. The third-order valence-corrected chi connectivity index (χ3v) is 4.15. The topological polar surface area (TPSA) is 60.9 Å². The summed E-state index contributed by atoms with van der Waals surface area (Å²) in [4.78, 5) is 26.3. The van der Waals surface area contributed by atoms with Crippen LogP contribution in [-0.2, 0) is 4.79 Å². The number of hydrogen-bond donors (Lipinski definition) is 1. The molecule has 0 aliphatic carbocycles. The molecule has 2 rings (SSSR count). The third-order valence-electron chi connectivity index (χ3n) is 4.15. The number of piperidine rings is 1. The number of likely N-dealkylation sites (tertiary alicyclic amines) is 2. The fraction of sp³-hybridized carbons (Fsp3) is 0.846. The SMILES string of the molecule is CCC1CCN(C(=O)N2CC(CC(=O)O)C2)CC1. The molecule has 0 aromatic rings. The number of aliphatic carboxylic acids is 1. The first kappa shape index (κ1) is 13.2. The highest BCUT2D eigenvalue weighted by molar-refractivity contribution is 5.76. The zero-order valence-electron chi connectivity index (χ0n) is 11.0. The van der Waals surface area contributed by atoms with E-state index in [0.29, 0.717) is 13.1 Å². The van der Waals surface area contributed by atoms with Crippen LogP contribution in [-0.4, -0.2) is 53.1 Å². The minimum absolute atomic E-state index is 0.103. The molecule has 0 spiro atoms. The van der Waals surface area contributed by atoms with Gasteiger partial charge in [0, 0.05) is 32.1 Å². The van der Waals surface area contributed by atoms with Gasteiger partial charge < -0.3 is 14.9 Å². The standard InChI is InChI=1S/C13H22N2O3/c1-2-10-3-5-14(6-4-10)13(18)15-8-11(9-15)7-12(16)17/h10-11H,2-9H2,1H3,(H,16,17). The molecule has 2 amide bonds. The van der Waals surface area contributed by atoms with Crippen molar-refractivity contribution in [3.8, 4) is 0 Å². The molecule has 0 aromatic heterocycles. The lowest BCUT2D eigenvalue weighted by molar-refractivity contribution is -0.139. The minimum Gasteiger partial charge on any atom is -0.481 e. The van der Waals surface area contributed by atoms with Crippen LogP contribution in [0.15, 0.2) is 0 Å². The fourth-order valence-corrected chi connectivity index (χ4v) is 2.83. The summed E-state index contributed by atoms with van der Waals surface area (Å²) >= 11 is 0. The average Bonchev–Trinajstić information content (AvgIpc) is 2.32. The maximum Gasteiger partial charge on any atom is 0.320 e. The van der Waals surface area contributed by atoms with Crippen LogP contribution in [0.5, 0.6) is 0 Å². The highest BCUT2D eigenvalue weighted by Crippen LogP contribution is 2.24. The molecule has 0 radical (unpaired) electrons. The summed E-state index contributed by atoms with van der Waals surface area (Å²) in [6.07, 6.45) is 3.59. The van der Waals surface area contributed by atoms with Crippen molar-refractivity contribution in [3.63, 3.8) is 0 Å². The van der Waals surface area contributed by atoms with E-state index in [0.717, 1.165) is 31.8 Å². The van der Waals surface area contributed by atoms with Crippen molar-refractivity contribution in [1.82, 2.24) is 9.80 Å². The Bertz CT molecular complexity index is 318. The molecule has 2 fully saturated rings. The van der Waals surface area contributed by atoms with Crippen molar-refractivity contribution in [3.05, 3.63) is 0 Å². The van der Waals surface area contributed by atoms with Crippen LogP contribution in [0.2, 0.25) is 0 Å². The second kappa shape index (κ2) is 5.59. The van der Waals surface area contributed by atoms with Crippen LogP contribution in [0, 0.1) is 11.8 Å². The molecule has 1 N–H and O–H groups in total. The summed E-state index contributed by atoms with van der Waals surface area (Å²) in [5.74, 6) is 0.153. The molecule has 2 saturated heterocycles. The molecule has 0 atom stereocenters. The predicted octanol–water partition coefficient (Wildman–Crippen LogP) is 1.63. The van der Waals surface area contributed by atoms with E-state index in [4.69, 9.17) is 5.11 Å². The Morgan fingerprint density at radius 2 is 1.72 bits per heavy atom. The van der Waals surface area contributed by atoms with Crippen LogP contribution < -0.4 is 0 Å². The lowest BCUT2D eigenvalue weighted by Gasteiger charge is -2.43. The smallest absolute Gasteiger partial charge is 0.320 e. The largest absolute Gasteiger partial charge is 0.481 e. The van der Waals surface area contributed by atoms with Crippen molar-refractivity contribution < 1.29 is 14.7 Å². The van der Waals surface area contributed by atoms with Crippen molar-refractivity contribution in [2.24, 2.45) is 11.8 Å². The Balaban J connectivity index is 1.72. The van der Waals surface area contributed by atoms with Gasteiger partial charge in [-0.15, -0.1) is 0 Å². The Morgan fingerprint density at radius 3 is 2.22 bits per heavy atom. The lowest BCUT2D eigenvalue weighted by atomic mass is 9.94. The highest BCUT2D eigenvalue weighted by atomic mass is 16.4. The zero-order chi connectivity index (χ0) is 13.1. The number of urea groups is 1. The fourth-order valence-electron chi connectivity index (χ4n) is 2.83. The van der Waals surface area contributed by atoms with Crippen molar-refractivity contribution in [2.75, 3.05) is 26.2 Å². The maximum absolute atomic E-state index is 12.1. The second-order valence-corrected chi connectivity index (χ2v) is 5.49. The van der Waals surface area contributed by atoms with Crippen LogP contribution >= 0.6 is 0 Å². The van der Waals surface area contributed by atoms with Gasteiger partial charge in [-0.05, 0) is 18.8 Å². The quantitative estimate of drug-likeness (QED) is 0.832. The van der Waals surface area contributed by atoms with Gasteiger partial charge in [-0.3, -0.25) is 4.79 Å². The van der Waals surface area contributed by atoms with Gasteiger partial charge in [-0.2, -0.15) is 0 Å². The number of rotatable bonds is 3. The maximum atomic E-state index is 12.1. The molecule has 0 aromatic carbocycles. The summed E-state index contributed by atoms with van der Waals surface area (Å²) in [6, 6.07) is 0.103. The normalized spacial score (nSPS) is 21.8. The van der Waals surface area contributed by atoms with Gasteiger partial charge >= 0.3 is 12.0 Å². The van der Waals surface area contributed by atoms with E-state index in [1.807, 2.05) is 4.90 Å². The molecule has 5 heteroatoms. The van der Waals surface area contributed by atoms with E-state index in [-0.39, 0.29) is 18.4 Å². The van der Waals surface area contributed by atoms with E-state index in [1.165, 1.54) is 6.42 Å². The first-order chi connectivity index (χ1) is 8.60. The zero-order valence-corrected chi connectivity index (χ0v) is 11.0. The van der Waals surface area contributed by atoms with E-state index < -0.39 is 5.97 Å². The minimum atomic E-state index is -0.768. The Hall–Kier alpha value is -1.26. The predicted molar refractivity (Wildman–Crippen MR) is 67.3 cm³/mol. The number of nitrogens with zero attached hydrogens (tertiary/aromatic N) is 2. The molecule has 0 unspecified atom stereocenters. The van der Waals surface area contributed by atoms with Crippen LogP contribution in [0.1, 0.15) is 32.6 Å². The number of carbonyl (C=O) groups is 2. The van der Waals surface area contributed by atoms with Crippen LogP contribution in [0.4, 0.5) is 4.79 Å². The molecule has 2 aliphatic heterocycles. The number of carboxylic acid groups (broad SMARTS) is 1. The van der Waals surface area contributed by atoms with E-state index in [9.17, 15) is 9.59 Å². The van der Waals surface area contributed by atoms with Gasteiger partial charge in [0.2, 0.25) is 0 Å². The first-order valence-electron chi connectivity index (χ1n) is 6.85. The van der Waals surface area contributed by atoms with Gasteiger partial charge in [0.1, 0.15) is 0 Å². The number of carbonyl (C=O) groups excluding carboxylic acids is 1. The summed E-state index contributed by atoms with van der Waals surface area (Å²) in [7, 11) is 0. The Morgan fingerprint density at radius 1 is 1.11 bits per heavy atom. The van der Waals surface area contributed by atoms with E-state index in [2.05, 4.69) is 6.92 Å². The summed E-state index contributed by atoms with van der Waals surface area (Å²) in [5.41, 5.74) is 0. The van der Waals surface area contributed by atoms with Gasteiger partial charge in [-0.25, -0.2) is 4.79 Å². The van der Waals surface area contributed by atoms with Crippen molar-refractivity contribution in [2.45, 2.75) is 32.6 Å². The summed E-state index contributed by atoms with van der Waals surface area (Å²) < 4.78 is 0. The van der Waals surface area contributed by atoms with Crippen molar-refractivity contribution >= 4 is 12.0 Å². The molecule has 0 bridgehead atoms. The molecule has 2 heterocycles. The monoisotopic (exact) mass is 254 g/mol. The molecule has 0 saturated carbocycles. The summed E-state index contributed by atoms with van der Waals surface area (Å²) in [6.45, 7) is 5.14. The van der Waals surface area contributed by atoms with Crippen molar-refractivity contribution in [1.29, 1.82) is 0 Å². The Kier molecular flexibility index (Phi) is 4.09.